The molecule has 0 aliphatic carbocycles. The van der Waals surface area contributed by atoms with Crippen LogP contribution in [-0.4, -0.2) is 16.1 Å². The minimum Gasteiger partial charge on any atom is -0.478 e. The fraction of sp³-hybridized carbons (Fsp3) is 0.143. The Bertz CT molecular complexity index is 712. The molecule has 2 aromatic heterocycles. The summed E-state index contributed by atoms with van der Waals surface area (Å²) in [6, 6.07) is 8.60. The molecule has 0 spiro atoms. The van der Waals surface area contributed by atoms with Crippen LogP contribution in [0, 0.1) is 0 Å². The molecule has 0 bridgehead atoms. The molecule has 0 amide bonds. The third-order valence-corrected chi connectivity index (χ3v) is 2.86. The van der Waals surface area contributed by atoms with Gasteiger partial charge in [-0.15, -0.1) is 0 Å². The summed E-state index contributed by atoms with van der Waals surface area (Å²) in [5.74, 6) is 0.347. The maximum Gasteiger partial charge on any atom is 0.339 e. The third kappa shape index (κ3) is 2.22. The molecule has 1 aromatic carbocycles. The molecule has 19 heavy (non-hydrogen) atoms. The van der Waals surface area contributed by atoms with Gasteiger partial charge in [-0.3, -0.25) is 0 Å². The number of aromatic carboxylic acids is 1. The molecule has 0 aliphatic rings. The van der Waals surface area contributed by atoms with Gasteiger partial charge in [0, 0.05) is 12.8 Å². The van der Waals surface area contributed by atoms with Crippen LogP contribution in [0.4, 0.5) is 0 Å². The summed E-state index contributed by atoms with van der Waals surface area (Å²) < 4.78 is 10.8. The highest BCUT2D eigenvalue weighted by Crippen LogP contribution is 2.21. The topological polar surface area (TPSA) is 76.5 Å². The molecule has 0 radical (unpaired) electrons. The second-order valence-electron chi connectivity index (χ2n) is 4.15. The maximum absolute atomic E-state index is 11.1. The van der Waals surface area contributed by atoms with Crippen LogP contribution in [0.2, 0.25) is 0 Å². The first-order valence-corrected chi connectivity index (χ1v) is 5.88. The summed E-state index contributed by atoms with van der Waals surface area (Å²) in [5.41, 5.74) is 1.02. The average Bonchev–Trinajstić information content (AvgIpc) is 3.04. The number of rotatable bonds is 4. The Morgan fingerprint density at radius 1 is 1.21 bits per heavy atom. The highest BCUT2D eigenvalue weighted by atomic mass is 16.4. The summed E-state index contributed by atoms with van der Waals surface area (Å²) in [5, 5.41) is 9.07. The molecule has 0 unspecified atom stereocenters. The van der Waals surface area contributed by atoms with E-state index >= 15 is 0 Å². The van der Waals surface area contributed by atoms with Gasteiger partial charge in [-0.25, -0.2) is 9.78 Å². The average molecular weight is 257 g/mol. The first-order chi connectivity index (χ1) is 9.24. The predicted octanol–water partition coefficient (Wildman–Crippen LogP) is 2.90. The van der Waals surface area contributed by atoms with Gasteiger partial charge in [-0.1, -0.05) is 6.07 Å². The molecular formula is C14H11NO4. The summed E-state index contributed by atoms with van der Waals surface area (Å²) in [6.45, 7) is 0. The zero-order valence-electron chi connectivity index (χ0n) is 10.00. The van der Waals surface area contributed by atoms with E-state index in [1.165, 1.54) is 6.07 Å². The molecule has 1 N–H and O–H groups in total. The number of furan rings is 1. The van der Waals surface area contributed by atoms with Crippen molar-refractivity contribution in [1.82, 2.24) is 4.98 Å². The van der Waals surface area contributed by atoms with Crippen LogP contribution in [-0.2, 0) is 12.8 Å². The fourth-order valence-electron chi connectivity index (χ4n) is 1.96. The Morgan fingerprint density at radius 3 is 2.84 bits per heavy atom. The Hall–Kier alpha value is -2.56. The highest BCUT2D eigenvalue weighted by Gasteiger charge is 2.14. The number of aromatic nitrogens is 1. The van der Waals surface area contributed by atoms with E-state index in [1.807, 2.05) is 12.1 Å². The maximum atomic E-state index is 11.1. The Balaban J connectivity index is 1.89. The van der Waals surface area contributed by atoms with Crippen LogP contribution in [0.1, 0.15) is 22.0 Å². The molecule has 96 valence electrons. The van der Waals surface area contributed by atoms with Crippen molar-refractivity contribution >= 4 is 17.1 Å². The summed E-state index contributed by atoms with van der Waals surface area (Å²) in [7, 11) is 0. The van der Waals surface area contributed by atoms with Gasteiger partial charge in [-0.2, -0.15) is 0 Å². The number of hydrogen-bond acceptors (Lipinski definition) is 4. The van der Waals surface area contributed by atoms with Crippen molar-refractivity contribution in [1.29, 1.82) is 0 Å². The lowest BCUT2D eigenvalue weighted by Crippen LogP contribution is -1.95. The van der Waals surface area contributed by atoms with E-state index < -0.39 is 5.97 Å². The highest BCUT2D eigenvalue weighted by molar-refractivity contribution is 5.99. The van der Waals surface area contributed by atoms with E-state index in [2.05, 4.69) is 4.98 Å². The van der Waals surface area contributed by atoms with Crippen LogP contribution in [0.25, 0.3) is 11.1 Å². The van der Waals surface area contributed by atoms with Crippen molar-refractivity contribution < 1.29 is 18.7 Å². The number of nitrogens with zero attached hydrogens (tertiary/aromatic N) is 1. The third-order valence-electron chi connectivity index (χ3n) is 2.86. The van der Waals surface area contributed by atoms with Crippen molar-refractivity contribution in [2.75, 3.05) is 0 Å². The predicted molar refractivity (Wildman–Crippen MR) is 67.1 cm³/mol. The summed E-state index contributed by atoms with van der Waals surface area (Å²) in [6.07, 6.45) is 2.85. The van der Waals surface area contributed by atoms with E-state index in [1.54, 1.807) is 18.4 Å². The molecule has 0 aliphatic heterocycles. The minimum atomic E-state index is -1.01. The molecule has 0 fully saturated rings. The number of benzene rings is 1. The second kappa shape index (κ2) is 4.61. The monoisotopic (exact) mass is 257 g/mol. The number of carbonyl (C=O) groups is 1. The minimum absolute atomic E-state index is 0.134. The molecule has 3 rings (SSSR count). The van der Waals surface area contributed by atoms with Crippen molar-refractivity contribution in [2.45, 2.75) is 12.8 Å². The summed E-state index contributed by atoms with van der Waals surface area (Å²) in [4.78, 5) is 15.3. The van der Waals surface area contributed by atoms with Crippen LogP contribution in [0.3, 0.4) is 0 Å². The van der Waals surface area contributed by atoms with E-state index in [0.29, 0.717) is 29.8 Å². The van der Waals surface area contributed by atoms with Gasteiger partial charge in [0.2, 0.25) is 0 Å². The van der Waals surface area contributed by atoms with Crippen molar-refractivity contribution in [3.63, 3.8) is 0 Å². The number of aryl methyl sites for hydroxylation is 2. The van der Waals surface area contributed by atoms with Crippen LogP contribution in [0.15, 0.2) is 45.4 Å². The largest absolute Gasteiger partial charge is 0.478 e. The molecular weight excluding hydrogens is 246 g/mol. The van der Waals surface area contributed by atoms with Gasteiger partial charge < -0.3 is 13.9 Å². The lowest BCUT2D eigenvalue weighted by Gasteiger charge is -1.93. The molecule has 0 saturated heterocycles. The van der Waals surface area contributed by atoms with Gasteiger partial charge in [-0.05, 0) is 24.3 Å². The van der Waals surface area contributed by atoms with Crippen LogP contribution in [0.5, 0.6) is 0 Å². The molecule has 5 nitrogen and oxygen atoms in total. The van der Waals surface area contributed by atoms with Gasteiger partial charge in [0.25, 0.3) is 0 Å². The van der Waals surface area contributed by atoms with Gasteiger partial charge in [0.15, 0.2) is 11.5 Å². The zero-order valence-corrected chi connectivity index (χ0v) is 10.00. The van der Waals surface area contributed by atoms with Crippen molar-refractivity contribution in [3.05, 3.63) is 53.8 Å². The first-order valence-electron chi connectivity index (χ1n) is 5.88. The normalized spacial score (nSPS) is 10.9. The van der Waals surface area contributed by atoms with E-state index in [9.17, 15) is 4.79 Å². The smallest absolute Gasteiger partial charge is 0.339 e. The number of para-hydroxylation sites is 1. The van der Waals surface area contributed by atoms with E-state index in [4.69, 9.17) is 13.9 Å². The van der Waals surface area contributed by atoms with Crippen LogP contribution < -0.4 is 0 Å². The number of fused-ring (bicyclic) bond motifs is 1. The van der Waals surface area contributed by atoms with E-state index in [-0.39, 0.29) is 5.56 Å². The molecule has 5 heteroatoms. The standard InChI is InChI=1S/C14H11NO4/c16-14(17)10-4-1-5-11-13(10)19-12(15-11)7-6-9-3-2-8-18-9/h1-5,8H,6-7H2,(H,16,17). The second-order valence-corrected chi connectivity index (χ2v) is 4.15. The number of carboxylic acid groups (broad SMARTS) is 1. The fourth-order valence-corrected chi connectivity index (χ4v) is 1.96. The molecule has 3 aromatic rings. The van der Waals surface area contributed by atoms with Crippen LogP contribution >= 0.6 is 0 Å². The van der Waals surface area contributed by atoms with Crippen molar-refractivity contribution in [2.24, 2.45) is 0 Å². The molecule has 2 heterocycles. The Kier molecular flexibility index (Phi) is 2.79. The SMILES string of the molecule is O=C(O)c1cccc2nc(CCc3ccco3)oc12. The zero-order chi connectivity index (χ0) is 13.2. The number of oxazole rings is 1. The Labute approximate surface area is 108 Å². The molecule has 0 saturated carbocycles. The molecule has 0 atom stereocenters. The number of hydrogen-bond donors (Lipinski definition) is 1. The van der Waals surface area contributed by atoms with Gasteiger partial charge in [0.05, 0.1) is 6.26 Å². The van der Waals surface area contributed by atoms with E-state index in [0.717, 1.165) is 5.76 Å². The number of carboxylic acids is 1. The lowest BCUT2D eigenvalue weighted by atomic mass is 10.2. The summed E-state index contributed by atoms with van der Waals surface area (Å²) >= 11 is 0. The van der Waals surface area contributed by atoms with Gasteiger partial charge >= 0.3 is 5.97 Å². The first kappa shape index (κ1) is 11.5. The lowest BCUT2D eigenvalue weighted by molar-refractivity contribution is 0.0698. The van der Waals surface area contributed by atoms with Gasteiger partial charge in [0.1, 0.15) is 16.8 Å². The van der Waals surface area contributed by atoms with Crippen molar-refractivity contribution in [3.8, 4) is 0 Å². The quantitative estimate of drug-likeness (QED) is 0.777. The Morgan fingerprint density at radius 2 is 2.11 bits per heavy atom.